The summed E-state index contributed by atoms with van der Waals surface area (Å²) in [7, 11) is 3.15. The monoisotopic (exact) mass is 433 g/mol. The summed E-state index contributed by atoms with van der Waals surface area (Å²) in [4.78, 5) is 28.0. The van der Waals surface area contributed by atoms with Crippen LogP contribution in [0.5, 0.6) is 5.75 Å². The number of aryl methyl sites for hydroxylation is 1. The average molecular weight is 434 g/mol. The third-order valence-electron chi connectivity index (χ3n) is 5.45. The topological polar surface area (TPSA) is 54.8 Å². The maximum Gasteiger partial charge on any atom is 0.265 e. The highest BCUT2D eigenvalue weighted by Gasteiger charge is 2.35. The predicted octanol–water partition coefficient (Wildman–Crippen LogP) is 3.63. The summed E-state index contributed by atoms with van der Waals surface area (Å²) in [6.07, 6.45) is 3.60. The zero-order valence-electron chi connectivity index (χ0n) is 17.7. The molecular formula is C24H23N3O3S. The molecule has 0 saturated carbocycles. The molecule has 0 aliphatic carbocycles. The van der Waals surface area contributed by atoms with E-state index in [1.54, 1.807) is 20.2 Å². The van der Waals surface area contributed by atoms with Crippen molar-refractivity contribution in [3.63, 3.8) is 0 Å². The van der Waals surface area contributed by atoms with Gasteiger partial charge in [-0.05, 0) is 42.9 Å². The Morgan fingerprint density at radius 3 is 2.32 bits per heavy atom. The van der Waals surface area contributed by atoms with Crippen LogP contribution in [0.2, 0.25) is 0 Å². The molecule has 3 aromatic rings. The van der Waals surface area contributed by atoms with Gasteiger partial charge in [-0.3, -0.25) is 19.4 Å². The van der Waals surface area contributed by atoms with Gasteiger partial charge in [-0.2, -0.15) is 0 Å². The zero-order valence-corrected chi connectivity index (χ0v) is 18.5. The standard InChI is InChI=1S/C24H23N3O3S/c1-16-8-4-7-11-21(16)30-13-12-27-15-17(18-9-5-6-10-20(18)27)14-19-22(28)25(2)24(31)26(3)23(19)29/h4-11,14-15H,12-13H2,1-3H3. The van der Waals surface area contributed by atoms with E-state index < -0.39 is 11.8 Å². The van der Waals surface area contributed by atoms with E-state index in [-0.39, 0.29) is 10.7 Å². The molecule has 1 fully saturated rings. The van der Waals surface area contributed by atoms with E-state index in [2.05, 4.69) is 4.57 Å². The minimum absolute atomic E-state index is 0.0951. The molecule has 158 valence electrons. The van der Waals surface area contributed by atoms with Gasteiger partial charge in [-0.15, -0.1) is 0 Å². The molecule has 1 aromatic heterocycles. The van der Waals surface area contributed by atoms with Crippen LogP contribution in [0.15, 0.2) is 60.3 Å². The molecule has 0 atom stereocenters. The Kier molecular flexibility index (Phi) is 5.61. The minimum Gasteiger partial charge on any atom is -0.491 e. The highest BCUT2D eigenvalue weighted by molar-refractivity contribution is 7.80. The van der Waals surface area contributed by atoms with Gasteiger partial charge < -0.3 is 9.30 Å². The number of aromatic nitrogens is 1. The summed E-state index contributed by atoms with van der Waals surface area (Å²) < 4.78 is 8.03. The number of hydrogen-bond donors (Lipinski definition) is 0. The van der Waals surface area contributed by atoms with E-state index in [0.717, 1.165) is 27.8 Å². The van der Waals surface area contributed by atoms with Gasteiger partial charge >= 0.3 is 0 Å². The number of nitrogens with zero attached hydrogens (tertiary/aromatic N) is 3. The summed E-state index contributed by atoms with van der Waals surface area (Å²) in [5, 5.41) is 1.16. The highest BCUT2D eigenvalue weighted by Crippen LogP contribution is 2.26. The van der Waals surface area contributed by atoms with Gasteiger partial charge in [0.2, 0.25) is 0 Å². The van der Waals surface area contributed by atoms with Crippen LogP contribution in [0, 0.1) is 6.92 Å². The number of ether oxygens (including phenoxy) is 1. The van der Waals surface area contributed by atoms with Crippen LogP contribution < -0.4 is 4.74 Å². The molecule has 7 heteroatoms. The van der Waals surface area contributed by atoms with Crippen molar-refractivity contribution in [2.45, 2.75) is 13.5 Å². The largest absolute Gasteiger partial charge is 0.491 e. The first-order valence-corrected chi connectivity index (χ1v) is 10.4. The van der Waals surface area contributed by atoms with Gasteiger partial charge in [0.05, 0.1) is 6.54 Å². The Bertz CT molecular complexity index is 1200. The van der Waals surface area contributed by atoms with Crippen molar-refractivity contribution in [3.8, 4) is 5.75 Å². The van der Waals surface area contributed by atoms with Crippen molar-refractivity contribution in [1.82, 2.24) is 14.4 Å². The number of carbonyl (C=O) groups is 2. The lowest BCUT2D eigenvalue weighted by Crippen LogP contribution is -2.52. The van der Waals surface area contributed by atoms with E-state index in [0.29, 0.717) is 13.2 Å². The van der Waals surface area contributed by atoms with Gasteiger partial charge in [0.1, 0.15) is 17.9 Å². The van der Waals surface area contributed by atoms with Gasteiger partial charge in [0.15, 0.2) is 5.11 Å². The lowest BCUT2D eigenvalue weighted by atomic mass is 10.1. The molecule has 0 radical (unpaired) electrons. The molecule has 2 aromatic carbocycles. The van der Waals surface area contributed by atoms with Gasteiger partial charge in [0.25, 0.3) is 11.8 Å². The van der Waals surface area contributed by atoms with E-state index in [4.69, 9.17) is 17.0 Å². The number of thiocarbonyl (C=S) groups is 1. The second kappa shape index (κ2) is 8.35. The average Bonchev–Trinajstić information content (AvgIpc) is 3.13. The first-order valence-electron chi connectivity index (χ1n) is 9.96. The van der Waals surface area contributed by atoms with Gasteiger partial charge in [-0.1, -0.05) is 36.4 Å². The quantitative estimate of drug-likeness (QED) is 0.350. The molecule has 0 unspecified atom stereocenters. The Morgan fingerprint density at radius 1 is 0.968 bits per heavy atom. The van der Waals surface area contributed by atoms with Crippen molar-refractivity contribution >= 4 is 46.1 Å². The fraction of sp³-hybridized carbons (Fsp3) is 0.208. The minimum atomic E-state index is -0.396. The molecule has 0 N–H and O–H groups in total. The lowest BCUT2D eigenvalue weighted by Gasteiger charge is -2.31. The Hall–Kier alpha value is -3.45. The summed E-state index contributed by atoms with van der Waals surface area (Å²) >= 11 is 5.17. The molecule has 0 bridgehead atoms. The first kappa shape index (κ1) is 20.8. The highest BCUT2D eigenvalue weighted by atomic mass is 32.1. The van der Waals surface area contributed by atoms with Crippen LogP contribution in [-0.2, 0) is 16.1 Å². The van der Waals surface area contributed by atoms with Crippen LogP contribution in [0.1, 0.15) is 11.1 Å². The maximum atomic E-state index is 12.7. The third-order valence-corrected chi connectivity index (χ3v) is 5.99. The van der Waals surface area contributed by atoms with Crippen LogP contribution in [0.4, 0.5) is 0 Å². The summed E-state index contributed by atoms with van der Waals surface area (Å²) in [5.41, 5.74) is 3.00. The molecule has 2 amide bonds. The molecule has 2 heterocycles. The Morgan fingerprint density at radius 2 is 1.61 bits per heavy atom. The number of benzene rings is 2. The molecule has 31 heavy (non-hydrogen) atoms. The van der Waals surface area contributed by atoms with Crippen LogP contribution in [-0.4, -0.2) is 52.0 Å². The molecule has 0 spiro atoms. The molecule has 6 nitrogen and oxygen atoms in total. The molecule has 1 aliphatic heterocycles. The van der Waals surface area contributed by atoms with Crippen molar-refractivity contribution in [2.75, 3.05) is 20.7 Å². The van der Waals surface area contributed by atoms with Crippen LogP contribution in [0.25, 0.3) is 17.0 Å². The van der Waals surface area contributed by atoms with Crippen molar-refractivity contribution < 1.29 is 14.3 Å². The molecule has 4 rings (SSSR count). The molecule has 1 aliphatic rings. The molecular weight excluding hydrogens is 410 g/mol. The second-order valence-corrected chi connectivity index (χ2v) is 7.84. The maximum absolute atomic E-state index is 12.7. The predicted molar refractivity (Wildman–Crippen MR) is 125 cm³/mol. The fourth-order valence-corrected chi connectivity index (χ4v) is 3.84. The second-order valence-electron chi connectivity index (χ2n) is 7.48. The van der Waals surface area contributed by atoms with Crippen LogP contribution >= 0.6 is 12.2 Å². The number of amides is 2. The van der Waals surface area contributed by atoms with E-state index >= 15 is 0 Å². The molecule has 1 saturated heterocycles. The van der Waals surface area contributed by atoms with Crippen LogP contribution in [0.3, 0.4) is 0 Å². The van der Waals surface area contributed by atoms with E-state index in [9.17, 15) is 9.59 Å². The Balaban J connectivity index is 1.65. The number of fused-ring (bicyclic) bond motifs is 1. The van der Waals surface area contributed by atoms with E-state index in [1.807, 2.05) is 61.7 Å². The Labute approximate surface area is 186 Å². The smallest absolute Gasteiger partial charge is 0.265 e. The summed E-state index contributed by atoms with van der Waals surface area (Å²) in [6, 6.07) is 15.8. The van der Waals surface area contributed by atoms with Crippen molar-refractivity contribution in [3.05, 3.63) is 71.4 Å². The number of para-hydroxylation sites is 2. The number of hydrogen-bond acceptors (Lipinski definition) is 4. The fourth-order valence-electron chi connectivity index (χ4n) is 3.68. The summed E-state index contributed by atoms with van der Waals surface area (Å²) in [6.45, 7) is 3.14. The normalized spacial score (nSPS) is 14.5. The van der Waals surface area contributed by atoms with Gasteiger partial charge in [0, 0.05) is 36.8 Å². The zero-order chi connectivity index (χ0) is 22.1. The van der Waals surface area contributed by atoms with Crippen molar-refractivity contribution in [2.24, 2.45) is 0 Å². The SMILES string of the molecule is Cc1ccccc1OCCn1cc(C=C2C(=O)N(C)C(=S)N(C)C2=O)c2ccccc21. The third kappa shape index (κ3) is 3.84. The number of carbonyl (C=O) groups excluding carboxylic acids is 2. The van der Waals surface area contributed by atoms with E-state index in [1.165, 1.54) is 9.80 Å². The lowest BCUT2D eigenvalue weighted by molar-refractivity contribution is -0.132. The summed E-state index contributed by atoms with van der Waals surface area (Å²) in [5.74, 6) is 0.0716. The number of rotatable bonds is 5. The van der Waals surface area contributed by atoms with Crippen molar-refractivity contribution in [1.29, 1.82) is 0 Å². The van der Waals surface area contributed by atoms with Gasteiger partial charge in [-0.25, -0.2) is 0 Å². The number of likely N-dealkylation sites (N-methyl/N-ethyl adjacent to an activating group) is 2. The first-order chi connectivity index (χ1) is 14.9.